The van der Waals surface area contributed by atoms with Crippen LogP contribution in [0.3, 0.4) is 0 Å². The molecule has 0 aromatic heterocycles. The van der Waals surface area contributed by atoms with Crippen LogP contribution < -0.4 is 15.5 Å². The number of anilines is 3. The highest BCUT2D eigenvalue weighted by Crippen LogP contribution is 2.37. The number of hydrogen-bond donors (Lipinski definition) is 2. The number of rotatable bonds is 4. The summed E-state index contributed by atoms with van der Waals surface area (Å²) >= 11 is 0. The maximum Gasteiger partial charge on any atom is 0.338 e. The van der Waals surface area contributed by atoms with Crippen molar-refractivity contribution in [3.8, 4) is 0 Å². The second kappa shape index (κ2) is 7.34. The molecule has 2 heterocycles. The van der Waals surface area contributed by atoms with E-state index in [1.165, 1.54) is 0 Å². The molecule has 2 aromatic rings. The molecular formula is C21H21N3O4. The lowest BCUT2D eigenvalue weighted by Crippen LogP contribution is -2.43. The van der Waals surface area contributed by atoms with Crippen molar-refractivity contribution in [3.63, 3.8) is 0 Å². The van der Waals surface area contributed by atoms with Crippen molar-refractivity contribution in [2.24, 2.45) is 0 Å². The zero-order valence-corrected chi connectivity index (χ0v) is 15.5. The molecule has 0 bridgehead atoms. The Morgan fingerprint density at radius 2 is 2.00 bits per heavy atom. The zero-order valence-electron chi connectivity index (χ0n) is 15.5. The summed E-state index contributed by atoms with van der Waals surface area (Å²) in [5.41, 5.74) is 3.53. The third kappa shape index (κ3) is 3.55. The van der Waals surface area contributed by atoms with Gasteiger partial charge in [-0.3, -0.25) is 9.59 Å². The van der Waals surface area contributed by atoms with Crippen molar-refractivity contribution in [2.75, 3.05) is 28.7 Å². The molecule has 1 saturated heterocycles. The normalized spacial score (nSPS) is 17.4. The van der Waals surface area contributed by atoms with Crippen LogP contribution in [-0.2, 0) is 14.3 Å². The lowest BCUT2D eigenvalue weighted by Gasteiger charge is -2.33. The molecule has 0 unspecified atom stereocenters. The fourth-order valence-corrected chi connectivity index (χ4v) is 3.61. The van der Waals surface area contributed by atoms with E-state index < -0.39 is 11.9 Å². The van der Waals surface area contributed by atoms with Crippen LogP contribution in [0.5, 0.6) is 0 Å². The van der Waals surface area contributed by atoms with E-state index in [1.807, 2.05) is 25.1 Å². The molecular weight excluding hydrogens is 358 g/mol. The number of fused-ring (bicyclic) bond motifs is 3. The van der Waals surface area contributed by atoms with Crippen molar-refractivity contribution in [1.29, 1.82) is 0 Å². The first-order valence-corrected chi connectivity index (χ1v) is 9.26. The molecule has 0 aliphatic carbocycles. The number of nitrogens with one attached hydrogen (secondary N) is 2. The average Bonchev–Trinajstić information content (AvgIpc) is 3.18. The Morgan fingerprint density at radius 1 is 1.21 bits per heavy atom. The Hall–Kier alpha value is -3.35. The summed E-state index contributed by atoms with van der Waals surface area (Å²) in [4.78, 5) is 38.6. The topological polar surface area (TPSA) is 87.7 Å². The minimum absolute atomic E-state index is 0.0482. The standard InChI is InChI=1S/C21H21N3O4/c1-13-4-7-15(8-5-13)22-19(25)12-28-21(27)14-6-9-17-16(11-14)23-20(26)18-3-2-10-24(17)18/h4-9,11,18H,2-3,10,12H2,1H3,(H,22,25)(H,23,26)/t18-/m0/s1. The van der Waals surface area contributed by atoms with Crippen molar-refractivity contribution in [2.45, 2.75) is 25.8 Å². The van der Waals surface area contributed by atoms with Crippen molar-refractivity contribution < 1.29 is 19.1 Å². The third-order valence-corrected chi connectivity index (χ3v) is 5.02. The molecule has 2 amide bonds. The molecule has 144 valence electrons. The maximum atomic E-state index is 12.3. The van der Waals surface area contributed by atoms with Gasteiger partial charge < -0.3 is 20.3 Å². The number of ether oxygens (including phenoxy) is 1. The molecule has 2 aliphatic rings. The Labute approximate surface area is 162 Å². The van der Waals surface area contributed by atoms with E-state index in [1.54, 1.807) is 24.3 Å². The van der Waals surface area contributed by atoms with Gasteiger partial charge >= 0.3 is 5.97 Å². The van der Waals surface area contributed by atoms with E-state index in [0.29, 0.717) is 16.9 Å². The first-order valence-electron chi connectivity index (χ1n) is 9.26. The van der Waals surface area contributed by atoms with Crippen molar-refractivity contribution >= 4 is 34.8 Å². The van der Waals surface area contributed by atoms with E-state index in [9.17, 15) is 14.4 Å². The summed E-state index contributed by atoms with van der Waals surface area (Å²) in [7, 11) is 0. The van der Waals surface area contributed by atoms with Gasteiger partial charge in [0.25, 0.3) is 5.91 Å². The number of hydrogen-bond acceptors (Lipinski definition) is 5. The van der Waals surface area contributed by atoms with Gasteiger partial charge in [-0.1, -0.05) is 17.7 Å². The number of benzene rings is 2. The molecule has 1 atom stereocenters. The van der Waals surface area contributed by atoms with Crippen LogP contribution in [0, 0.1) is 6.92 Å². The van der Waals surface area contributed by atoms with Gasteiger partial charge in [0.05, 0.1) is 16.9 Å². The zero-order chi connectivity index (χ0) is 19.7. The summed E-state index contributed by atoms with van der Waals surface area (Å²) < 4.78 is 5.11. The van der Waals surface area contributed by atoms with Crippen LogP contribution in [0.4, 0.5) is 17.1 Å². The summed E-state index contributed by atoms with van der Waals surface area (Å²) in [5, 5.41) is 5.54. The number of amides is 2. The molecule has 7 heteroatoms. The average molecular weight is 379 g/mol. The van der Waals surface area contributed by atoms with Crippen LogP contribution in [0.25, 0.3) is 0 Å². The molecule has 0 saturated carbocycles. The van der Waals surface area contributed by atoms with Gasteiger partial charge in [0.1, 0.15) is 6.04 Å². The fraction of sp³-hybridized carbons (Fsp3) is 0.286. The molecule has 1 fully saturated rings. The number of aryl methyl sites for hydroxylation is 1. The van der Waals surface area contributed by atoms with Gasteiger partial charge in [-0.15, -0.1) is 0 Å². The molecule has 0 spiro atoms. The summed E-state index contributed by atoms with van der Waals surface area (Å²) in [5.74, 6) is -1.07. The molecule has 2 aliphatic heterocycles. The van der Waals surface area contributed by atoms with E-state index in [-0.39, 0.29) is 18.6 Å². The summed E-state index contributed by atoms with van der Waals surface area (Å²) in [6.07, 6.45) is 1.81. The lowest BCUT2D eigenvalue weighted by atomic mass is 10.1. The SMILES string of the molecule is Cc1ccc(NC(=O)COC(=O)c2ccc3c(c2)NC(=O)[C@@H]2CCCN32)cc1. The van der Waals surface area contributed by atoms with Crippen LogP contribution in [-0.4, -0.2) is 37.0 Å². The molecule has 28 heavy (non-hydrogen) atoms. The minimum Gasteiger partial charge on any atom is -0.452 e. The molecule has 7 nitrogen and oxygen atoms in total. The summed E-state index contributed by atoms with van der Waals surface area (Å²) in [6.45, 7) is 2.40. The molecule has 2 aromatic carbocycles. The van der Waals surface area contributed by atoms with Gasteiger partial charge in [0.15, 0.2) is 6.61 Å². The van der Waals surface area contributed by atoms with Gasteiger partial charge in [-0.2, -0.15) is 0 Å². The highest BCUT2D eigenvalue weighted by molar-refractivity contribution is 6.05. The second-order valence-corrected chi connectivity index (χ2v) is 7.06. The van der Waals surface area contributed by atoms with Crippen LogP contribution in [0.1, 0.15) is 28.8 Å². The highest BCUT2D eigenvalue weighted by Gasteiger charge is 2.36. The van der Waals surface area contributed by atoms with E-state index in [4.69, 9.17) is 4.74 Å². The van der Waals surface area contributed by atoms with Gasteiger partial charge in [0.2, 0.25) is 5.91 Å². The Kier molecular flexibility index (Phi) is 4.73. The lowest BCUT2D eigenvalue weighted by molar-refractivity contribution is -0.119. The van der Waals surface area contributed by atoms with Gasteiger partial charge in [0, 0.05) is 12.2 Å². The third-order valence-electron chi connectivity index (χ3n) is 5.02. The van der Waals surface area contributed by atoms with Crippen molar-refractivity contribution in [3.05, 3.63) is 53.6 Å². The fourth-order valence-electron chi connectivity index (χ4n) is 3.61. The minimum atomic E-state index is -0.611. The largest absolute Gasteiger partial charge is 0.452 e. The van der Waals surface area contributed by atoms with E-state index in [0.717, 1.165) is 30.6 Å². The molecule has 2 N–H and O–H groups in total. The quantitative estimate of drug-likeness (QED) is 0.798. The van der Waals surface area contributed by atoms with Crippen LogP contribution in [0.2, 0.25) is 0 Å². The Bertz CT molecular complexity index is 939. The monoisotopic (exact) mass is 379 g/mol. The maximum absolute atomic E-state index is 12.3. The molecule has 0 radical (unpaired) electrons. The Balaban J connectivity index is 1.39. The first kappa shape index (κ1) is 18.0. The smallest absolute Gasteiger partial charge is 0.338 e. The van der Waals surface area contributed by atoms with Gasteiger partial charge in [-0.25, -0.2) is 4.79 Å². The van der Waals surface area contributed by atoms with Crippen LogP contribution in [0.15, 0.2) is 42.5 Å². The highest BCUT2D eigenvalue weighted by atomic mass is 16.5. The number of carbonyl (C=O) groups is 3. The second-order valence-electron chi connectivity index (χ2n) is 7.06. The summed E-state index contributed by atoms with van der Waals surface area (Å²) in [6, 6.07) is 12.3. The molecule has 4 rings (SSSR count). The predicted octanol–water partition coefficient (Wildman–Crippen LogP) is 2.71. The predicted molar refractivity (Wildman–Crippen MR) is 106 cm³/mol. The number of esters is 1. The van der Waals surface area contributed by atoms with Crippen LogP contribution >= 0.6 is 0 Å². The number of carbonyl (C=O) groups excluding carboxylic acids is 3. The number of nitrogens with zero attached hydrogens (tertiary/aromatic N) is 1. The first-order chi connectivity index (χ1) is 13.5. The van der Waals surface area contributed by atoms with E-state index >= 15 is 0 Å². The van der Waals surface area contributed by atoms with Crippen molar-refractivity contribution in [1.82, 2.24) is 0 Å². The Morgan fingerprint density at radius 3 is 2.79 bits per heavy atom. The van der Waals surface area contributed by atoms with E-state index in [2.05, 4.69) is 15.5 Å². The van der Waals surface area contributed by atoms with Gasteiger partial charge in [-0.05, 0) is 50.1 Å².